The summed E-state index contributed by atoms with van der Waals surface area (Å²) in [6, 6.07) is -0.647. The van der Waals surface area contributed by atoms with Crippen molar-refractivity contribution in [3.05, 3.63) is 11.1 Å². The summed E-state index contributed by atoms with van der Waals surface area (Å²) in [7, 11) is 0. The Morgan fingerprint density at radius 2 is 2.39 bits per heavy atom. The van der Waals surface area contributed by atoms with Crippen molar-refractivity contribution in [2.24, 2.45) is 0 Å². The number of nitrogens with zero attached hydrogens (tertiary/aromatic N) is 1. The van der Waals surface area contributed by atoms with Crippen LogP contribution in [0.5, 0.6) is 0 Å². The number of imide groups is 1. The summed E-state index contributed by atoms with van der Waals surface area (Å²) in [5.41, 5.74) is 6.02. The van der Waals surface area contributed by atoms with Crippen molar-refractivity contribution in [3.8, 4) is 0 Å². The molecule has 1 unspecified atom stereocenters. The van der Waals surface area contributed by atoms with Crippen LogP contribution in [0.4, 0.5) is 5.13 Å². The molecule has 0 aliphatic carbocycles. The fourth-order valence-electron chi connectivity index (χ4n) is 1.64. The molecule has 0 aromatic carbocycles. The van der Waals surface area contributed by atoms with E-state index in [1.807, 2.05) is 0 Å². The highest BCUT2D eigenvalue weighted by Crippen LogP contribution is 2.11. The van der Waals surface area contributed by atoms with Crippen LogP contribution in [0.1, 0.15) is 18.5 Å². The van der Waals surface area contributed by atoms with Crippen LogP contribution in [0.25, 0.3) is 0 Å². The second-order valence-corrected chi connectivity index (χ2v) is 4.81. The molecule has 7 nitrogen and oxygen atoms in total. The highest BCUT2D eigenvalue weighted by atomic mass is 32.1. The molecule has 1 fully saturated rings. The van der Waals surface area contributed by atoms with Crippen LogP contribution in [0, 0.1) is 0 Å². The molecule has 1 atom stereocenters. The average molecular weight is 268 g/mol. The fourth-order valence-corrected chi connectivity index (χ4v) is 2.21. The predicted molar refractivity (Wildman–Crippen MR) is 64.5 cm³/mol. The molecule has 8 heteroatoms. The third-order valence-corrected chi connectivity index (χ3v) is 3.21. The van der Waals surface area contributed by atoms with E-state index in [1.165, 1.54) is 11.3 Å². The van der Waals surface area contributed by atoms with Gasteiger partial charge in [-0.15, -0.1) is 11.3 Å². The first-order chi connectivity index (χ1) is 8.54. The normalized spacial score (nSPS) is 19.4. The highest BCUT2D eigenvalue weighted by molar-refractivity contribution is 7.13. The molecule has 4 N–H and O–H groups in total. The van der Waals surface area contributed by atoms with Crippen LogP contribution in [0.15, 0.2) is 5.38 Å². The van der Waals surface area contributed by atoms with Gasteiger partial charge in [-0.3, -0.25) is 19.7 Å². The van der Waals surface area contributed by atoms with Gasteiger partial charge in [0.2, 0.25) is 17.7 Å². The molecule has 0 radical (unpaired) electrons. The van der Waals surface area contributed by atoms with Crippen LogP contribution < -0.4 is 16.4 Å². The molecule has 0 spiro atoms. The smallest absolute Gasteiger partial charge is 0.249 e. The Balaban J connectivity index is 1.87. The molecule has 1 aromatic rings. The zero-order valence-electron chi connectivity index (χ0n) is 9.43. The van der Waals surface area contributed by atoms with Gasteiger partial charge in [0, 0.05) is 11.8 Å². The van der Waals surface area contributed by atoms with Gasteiger partial charge in [0.1, 0.15) is 6.04 Å². The van der Waals surface area contributed by atoms with Crippen molar-refractivity contribution in [1.29, 1.82) is 0 Å². The van der Waals surface area contributed by atoms with Gasteiger partial charge in [-0.05, 0) is 6.42 Å². The Hall–Kier alpha value is -1.96. The number of amides is 3. The lowest BCUT2D eigenvalue weighted by atomic mass is 10.1. The van der Waals surface area contributed by atoms with Gasteiger partial charge in [-0.25, -0.2) is 4.98 Å². The first-order valence-corrected chi connectivity index (χ1v) is 6.25. The topological polar surface area (TPSA) is 114 Å². The van der Waals surface area contributed by atoms with E-state index >= 15 is 0 Å². The number of aromatic nitrogens is 1. The number of nitrogens with two attached hydrogens (primary N) is 1. The van der Waals surface area contributed by atoms with Gasteiger partial charge in [-0.2, -0.15) is 0 Å². The van der Waals surface area contributed by atoms with Crippen molar-refractivity contribution in [3.63, 3.8) is 0 Å². The second kappa shape index (κ2) is 5.13. The SMILES string of the molecule is Nc1nc(CC(=O)NC2CCC(=O)NC2=O)cs1. The second-order valence-electron chi connectivity index (χ2n) is 3.93. The monoisotopic (exact) mass is 268 g/mol. The van der Waals surface area contributed by atoms with Gasteiger partial charge in [-0.1, -0.05) is 0 Å². The number of rotatable bonds is 3. The number of thiazole rings is 1. The first-order valence-electron chi connectivity index (χ1n) is 5.37. The molecule has 2 heterocycles. The summed E-state index contributed by atoms with van der Waals surface area (Å²) in [5, 5.41) is 6.84. The Morgan fingerprint density at radius 3 is 3.00 bits per heavy atom. The molecule has 1 aliphatic heterocycles. The van der Waals surface area contributed by atoms with Crippen LogP contribution in [0.2, 0.25) is 0 Å². The third-order valence-electron chi connectivity index (χ3n) is 2.49. The maximum Gasteiger partial charge on any atom is 0.249 e. The van der Waals surface area contributed by atoms with Gasteiger partial charge in [0.05, 0.1) is 12.1 Å². The average Bonchev–Trinajstić information content (AvgIpc) is 2.68. The van der Waals surface area contributed by atoms with Gasteiger partial charge < -0.3 is 11.1 Å². The lowest BCUT2D eigenvalue weighted by Crippen LogP contribution is -2.52. The minimum Gasteiger partial charge on any atom is -0.375 e. The van der Waals surface area contributed by atoms with E-state index in [9.17, 15) is 14.4 Å². The molecular formula is C10H12N4O3S. The van der Waals surface area contributed by atoms with E-state index in [0.29, 0.717) is 17.2 Å². The molecule has 0 bridgehead atoms. The molecule has 18 heavy (non-hydrogen) atoms. The lowest BCUT2D eigenvalue weighted by Gasteiger charge is -2.21. The maximum atomic E-state index is 11.7. The summed E-state index contributed by atoms with van der Waals surface area (Å²) in [6.07, 6.45) is 0.640. The first kappa shape index (κ1) is 12.5. The van der Waals surface area contributed by atoms with Crippen molar-refractivity contribution in [2.45, 2.75) is 25.3 Å². The summed E-state index contributed by atoms with van der Waals surface area (Å²) < 4.78 is 0. The van der Waals surface area contributed by atoms with E-state index in [4.69, 9.17) is 5.73 Å². The summed E-state index contributed by atoms with van der Waals surface area (Å²) in [4.78, 5) is 38.0. The molecule has 96 valence electrons. The summed E-state index contributed by atoms with van der Waals surface area (Å²) in [6.45, 7) is 0. The number of nitrogens with one attached hydrogen (secondary N) is 2. The standard InChI is InChI=1S/C10H12N4O3S/c11-10-12-5(4-18-10)3-8(16)13-6-1-2-7(15)14-9(6)17/h4,6H,1-3H2,(H2,11,12)(H,13,16)(H,14,15,17). The zero-order chi connectivity index (χ0) is 13.1. The highest BCUT2D eigenvalue weighted by Gasteiger charge is 2.27. The molecule has 0 saturated carbocycles. The number of hydrogen-bond acceptors (Lipinski definition) is 6. The van der Waals surface area contributed by atoms with Crippen molar-refractivity contribution in [2.75, 3.05) is 5.73 Å². The van der Waals surface area contributed by atoms with Crippen molar-refractivity contribution < 1.29 is 14.4 Å². The Morgan fingerprint density at radius 1 is 1.61 bits per heavy atom. The quantitative estimate of drug-likeness (QED) is 0.620. The number of carbonyl (C=O) groups is 3. The van der Waals surface area contributed by atoms with Crippen LogP contribution in [-0.2, 0) is 20.8 Å². The van der Waals surface area contributed by atoms with E-state index in [0.717, 1.165) is 0 Å². The molecular weight excluding hydrogens is 256 g/mol. The number of hydrogen-bond donors (Lipinski definition) is 3. The lowest BCUT2D eigenvalue weighted by molar-refractivity contribution is -0.137. The predicted octanol–water partition coefficient (Wildman–Crippen LogP) is -0.811. The molecule has 3 amide bonds. The van der Waals surface area contributed by atoms with Gasteiger partial charge >= 0.3 is 0 Å². The van der Waals surface area contributed by atoms with Crippen molar-refractivity contribution in [1.82, 2.24) is 15.6 Å². The Kier molecular flexibility index (Phi) is 3.56. The van der Waals surface area contributed by atoms with Gasteiger partial charge in [0.15, 0.2) is 5.13 Å². The minimum absolute atomic E-state index is 0.0748. The fraction of sp³-hybridized carbons (Fsp3) is 0.400. The molecule has 1 aromatic heterocycles. The number of carbonyl (C=O) groups excluding carboxylic acids is 3. The Labute approximate surface area is 107 Å². The van der Waals surface area contributed by atoms with Crippen LogP contribution in [-0.4, -0.2) is 28.7 Å². The summed E-state index contributed by atoms with van der Waals surface area (Å²) in [5.74, 6) is -1.08. The van der Waals surface area contributed by atoms with Crippen LogP contribution >= 0.6 is 11.3 Å². The minimum atomic E-state index is -0.647. The van der Waals surface area contributed by atoms with E-state index in [-0.39, 0.29) is 24.7 Å². The van der Waals surface area contributed by atoms with E-state index < -0.39 is 11.9 Å². The van der Waals surface area contributed by atoms with Crippen molar-refractivity contribution >= 4 is 34.2 Å². The number of anilines is 1. The van der Waals surface area contributed by atoms with E-state index in [2.05, 4.69) is 15.6 Å². The van der Waals surface area contributed by atoms with Gasteiger partial charge in [0.25, 0.3) is 0 Å². The molecule has 1 aliphatic rings. The summed E-state index contributed by atoms with van der Waals surface area (Å²) >= 11 is 1.26. The van der Waals surface area contributed by atoms with E-state index in [1.54, 1.807) is 5.38 Å². The molecule has 1 saturated heterocycles. The third kappa shape index (κ3) is 3.04. The molecule has 2 rings (SSSR count). The zero-order valence-corrected chi connectivity index (χ0v) is 10.3. The Bertz CT molecular complexity index is 499. The maximum absolute atomic E-state index is 11.7. The largest absolute Gasteiger partial charge is 0.375 e. The number of piperidine rings is 1. The van der Waals surface area contributed by atoms with Crippen LogP contribution in [0.3, 0.4) is 0 Å². The number of nitrogen functional groups attached to an aromatic ring is 1.